The van der Waals surface area contributed by atoms with Gasteiger partial charge in [0.1, 0.15) is 15.7 Å². The standard InChI is InChI=1S/C12H21B4NO2/c1-7(17-11(2,13)14)5-8-3-4-9-10(6-8)19-12(15,16)18-9/h3-4,6-7,17H,5,13-16H2,1-2H3/t7-/m0/s1. The smallest absolute Gasteiger partial charge is 0.197 e. The van der Waals surface area contributed by atoms with E-state index in [1.807, 2.05) is 21.8 Å². The van der Waals surface area contributed by atoms with Crippen LogP contribution in [0.15, 0.2) is 18.2 Å². The van der Waals surface area contributed by atoms with Gasteiger partial charge in [0.15, 0.2) is 32.8 Å². The molecule has 0 spiro atoms. The van der Waals surface area contributed by atoms with Crippen LogP contribution in [0.2, 0.25) is 0 Å². The van der Waals surface area contributed by atoms with Gasteiger partial charge in [0, 0.05) is 6.04 Å². The van der Waals surface area contributed by atoms with Gasteiger partial charge in [-0.15, -0.1) is 0 Å². The molecular weight excluding hydrogens is 233 g/mol. The molecule has 0 aromatic heterocycles. The van der Waals surface area contributed by atoms with Crippen LogP contribution in [0.3, 0.4) is 0 Å². The lowest BCUT2D eigenvalue weighted by molar-refractivity contribution is 0.0833. The van der Waals surface area contributed by atoms with E-state index >= 15 is 0 Å². The summed E-state index contributed by atoms with van der Waals surface area (Å²) in [5, 5.41) is 3.72. The number of fused-ring (bicyclic) bond motifs is 1. The SMILES string of the molecule is BC(B)(C)N[C@@H](C)Cc1ccc2c(c1)OC(B)(B)O2. The summed E-state index contributed by atoms with van der Waals surface area (Å²) in [5.41, 5.74) is 0.722. The molecule has 1 aromatic rings. The van der Waals surface area contributed by atoms with Gasteiger partial charge in [-0.1, -0.05) is 13.0 Å². The van der Waals surface area contributed by atoms with Crippen LogP contribution in [0, 0.1) is 0 Å². The van der Waals surface area contributed by atoms with E-state index in [-0.39, 0.29) is 5.34 Å². The van der Waals surface area contributed by atoms with E-state index in [0.717, 1.165) is 17.9 Å². The summed E-state index contributed by atoms with van der Waals surface area (Å²) in [6.45, 7) is 4.39. The second-order valence-corrected chi connectivity index (χ2v) is 6.88. The van der Waals surface area contributed by atoms with Gasteiger partial charge in [0.2, 0.25) is 0 Å². The number of ether oxygens (including phenoxy) is 2. The van der Waals surface area contributed by atoms with E-state index < -0.39 is 5.59 Å². The molecule has 0 radical (unpaired) electrons. The molecule has 3 nitrogen and oxygen atoms in total. The van der Waals surface area contributed by atoms with Crippen molar-refractivity contribution in [1.29, 1.82) is 0 Å². The fourth-order valence-electron chi connectivity index (χ4n) is 2.54. The number of rotatable bonds is 4. The molecule has 0 saturated heterocycles. The molecule has 19 heavy (non-hydrogen) atoms. The Morgan fingerprint density at radius 1 is 1.26 bits per heavy atom. The molecule has 0 amide bonds. The zero-order valence-corrected chi connectivity index (χ0v) is 12.8. The Kier molecular flexibility index (Phi) is 3.69. The minimum atomic E-state index is -0.545. The van der Waals surface area contributed by atoms with Crippen molar-refractivity contribution < 1.29 is 9.47 Å². The summed E-state index contributed by atoms with van der Waals surface area (Å²) in [7, 11) is 8.23. The van der Waals surface area contributed by atoms with E-state index in [1.54, 1.807) is 0 Å². The van der Waals surface area contributed by atoms with Gasteiger partial charge in [0.25, 0.3) is 0 Å². The van der Waals surface area contributed by atoms with Gasteiger partial charge in [-0.25, -0.2) is 0 Å². The molecular formula is C12H21B4NO2. The lowest BCUT2D eigenvalue weighted by Crippen LogP contribution is -2.48. The van der Waals surface area contributed by atoms with Crippen LogP contribution in [0.5, 0.6) is 11.5 Å². The summed E-state index contributed by atoms with van der Waals surface area (Å²) in [5.74, 6) is 1.69. The number of hydrogen-bond acceptors (Lipinski definition) is 3. The number of hydrogen-bond donors (Lipinski definition) is 1. The minimum Gasteiger partial charge on any atom is -0.467 e. The summed E-state index contributed by atoms with van der Waals surface area (Å²) in [6.07, 6.45) is 0.980. The largest absolute Gasteiger partial charge is 0.467 e. The zero-order chi connectivity index (χ0) is 14.3. The van der Waals surface area contributed by atoms with Crippen LogP contribution >= 0.6 is 0 Å². The molecule has 1 atom stereocenters. The Bertz CT molecular complexity index is 473. The highest BCUT2D eigenvalue weighted by Crippen LogP contribution is 2.37. The van der Waals surface area contributed by atoms with Crippen molar-refractivity contribution in [3.05, 3.63) is 23.8 Å². The quantitative estimate of drug-likeness (QED) is 0.619. The van der Waals surface area contributed by atoms with E-state index in [2.05, 4.69) is 47.0 Å². The normalized spacial score (nSPS) is 18.2. The van der Waals surface area contributed by atoms with Gasteiger partial charge < -0.3 is 14.8 Å². The predicted molar refractivity (Wildman–Crippen MR) is 89.3 cm³/mol. The van der Waals surface area contributed by atoms with Crippen molar-refractivity contribution in [2.45, 2.75) is 37.2 Å². The first kappa shape index (κ1) is 14.4. The van der Waals surface area contributed by atoms with Crippen LogP contribution in [-0.2, 0) is 6.42 Å². The summed E-state index contributed by atoms with van der Waals surface area (Å²) in [4.78, 5) is 0. The van der Waals surface area contributed by atoms with Crippen molar-refractivity contribution in [3.63, 3.8) is 0 Å². The molecule has 1 heterocycles. The van der Waals surface area contributed by atoms with E-state index in [0.29, 0.717) is 6.04 Å². The maximum absolute atomic E-state index is 5.77. The minimum absolute atomic E-state index is 0.137. The Labute approximate surface area is 119 Å². The lowest BCUT2D eigenvalue weighted by atomic mass is 9.63. The predicted octanol–water partition coefficient (Wildman–Crippen LogP) is -2.20. The van der Waals surface area contributed by atoms with Crippen molar-refractivity contribution in [1.82, 2.24) is 5.32 Å². The van der Waals surface area contributed by atoms with E-state index in [1.165, 1.54) is 5.56 Å². The highest BCUT2D eigenvalue weighted by atomic mass is 16.7. The second kappa shape index (κ2) is 4.86. The van der Waals surface area contributed by atoms with Gasteiger partial charge in [-0.05, 0) is 36.4 Å². The molecule has 0 unspecified atom stereocenters. The topological polar surface area (TPSA) is 30.5 Å². The van der Waals surface area contributed by atoms with Crippen molar-refractivity contribution in [3.8, 4) is 11.5 Å². The Balaban J connectivity index is 2.04. The highest BCUT2D eigenvalue weighted by molar-refractivity contribution is 6.39. The van der Waals surface area contributed by atoms with E-state index in [9.17, 15) is 0 Å². The van der Waals surface area contributed by atoms with Crippen LogP contribution in [-0.4, -0.2) is 48.4 Å². The van der Waals surface area contributed by atoms with Gasteiger partial charge >= 0.3 is 0 Å². The number of nitrogens with one attached hydrogen (secondary N) is 1. The monoisotopic (exact) mass is 255 g/mol. The third kappa shape index (κ3) is 4.00. The van der Waals surface area contributed by atoms with Crippen molar-refractivity contribution in [2.24, 2.45) is 0 Å². The van der Waals surface area contributed by atoms with Gasteiger partial charge in [-0.2, -0.15) is 0 Å². The molecule has 2 rings (SSSR count). The molecule has 1 aliphatic heterocycles. The summed E-state index contributed by atoms with van der Waals surface area (Å²) in [6, 6.07) is 6.63. The Morgan fingerprint density at radius 3 is 2.53 bits per heavy atom. The van der Waals surface area contributed by atoms with Gasteiger partial charge in [-0.3, -0.25) is 0 Å². The molecule has 7 heteroatoms. The second-order valence-electron chi connectivity index (χ2n) is 6.88. The lowest BCUT2D eigenvalue weighted by Gasteiger charge is -2.26. The van der Waals surface area contributed by atoms with Crippen LogP contribution in [0.1, 0.15) is 19.4 Å². The molecule has 0 aliphatic carbocycles. The summed E-state index contributed by atoms with van der Waals surface area (Å²) >= 11 is 0. The van der Waals surface area contributed by atoms with Crippen LogP contribution in [0.25, 0.3) is 0 Å². The first-order chi connectivity index (χ1) is 8.65. The first-order valence-electron chi connectivity index (χ1n) is 6.93. The average molecular weight is 255 g/mol. The molecule has 98 valence electrons. The Hall–Kier alpha value is -0.960. The highest BCUT2D eigenvalue weighted by Gasteiger charge is 2.31. The number of benzene rings is 1. The maximum Gasteiger partial charge on any atom is 0.197 e. The third-order valence-corrected chi connectivity index (χ3v) is 2.94. The molecule has 0 saturated carbocycles. The summed E-state index contributed by atoms with van der Waals surface area (Å²) < 4.78 is 11.5. The van der Waals surface area contributed by atoms with Crippen LogP contribution < -0.4 is 14.8 Å². The van der Waals surface area contributed by atoms with E-state index in [4.69, 9.17) is 9.47 Å². The Morgan fingerprint density at radius 2 is 1.89 bits per heavy atom. The molecule has 1 N–H and O–H groups in total. The molecule has 1 aromatic carbocycles. The fraction of sp³-hybridized carbons (Fsp3) is 0.500. The average Bonchev–Trinajstić information content (AvgIpc) is 2.47. The zero-order valence-electron chi connectivity index (χ0n) is 12.8. The van der Waals surface area contributed by atoms with Gasteiger partial charge in [0.05, 0.1) is 0 Å². The first-order valence-corrected chi connectivity index (χ1v) is 6.93. The van der Waals surface area contributed by atoms with Crippen LogP contribution in [0.4, 0.5) is 0 Å². The van der Waals surface area contributed by atoms with Crippen molar-refractivity contribution >= 4 is 31.4 Å². The molecule has 0 bridgehead atoms. The fourth-order valence-corrected chi connectivity index (χ4v) is 2.54. The third-order valence-electron chi connectivity index (χ3n) is 2.94. The maximum atomic E-state index is 5.77. The van der Waals surface area contributed by atoms with Crippen molar-refractivity contribution in [2.75, 3.05) is 0 Å². The molecule has 1 aliphatic rings. The molecule has 0 fully saturated rings.